The van der Waals surface area contributed by atoms with Crippen molar-refractivity contribution in [2.24, 2.45) is 0 Å². The van der Waals surface area contributed by atoms with Crippen LogP contribution in [0.4, 0.5) is 0 Å². The van der Waals surface area contributed by atoms with Gasteiger partial charge in [0.1, 0.15) is 0 Å². The molecule has 0 aromatic rings. The molecule has 0 radical (unpaired) electrons. The lowest BCUT2D eigenvalue weighted by Crippen LogP contribution is -2.23. The molecule has 0 aliphatic carbocycles. The van der Waals surface area contributed by atoms with Gasteiger partial charge in [-0.05, 0) is 0 Å². The number of rotatable bonds is 2. The number of esters is 2. The summed E-state index contributed by atoms with van der Waals surface area (Å²) in [7, 11) is 1.28. The Kier molecular flexibility index (Phi) is 3.56. The number of hydrogen-bond acceptors (Lipinski definition) is 6. The number of thioether (sulfide) groups is 1. The van der Waals surface area contributed by atoms with Gasteiger partial charge in [-0.3, -0.25) is 4.79 Å². The number of ether oxygens (including phenoxy) is 3. The molecule has 1 fully saturated rings. The molecule has 1 saturated heterocycles. The average molecular weight is 206 g/mol. The maximum atomic E-state index is 10.9. The molecular formula is C7H10O5S. The summed E-state index contributed by atoms with van der Waals surface area (Å²) in [6.07, 6.45) is -0.633. The first-order valence-corrected chi connectivity index (χ1v) is 4.70. The largest absolute Gasteiger partial charge is 0.466 e. The summed E-state index contributed by atoms with van der Waals surface area (Å²) in [5.41, 5.74) is -0.672. The first-order valence-electron chi connectivity index (χ1n) is 3.65. The normalized spacial score (nSPS) is 26.9. The van der Waals surface area contributed by atoms with E-state index in [0.29, 0.717) is 5.75 Å². The van der Waals surface area contributed by atoms with Crippen molar-refractivity contribution in [3.8, 4) is 0 Å². The predicted molar refractivity (Wildman–Crippen MR) is 44.9 cm³/mol. The predicted octanol–water partition coefficient (Wildman–Crippen LogP) is 0.138. The first-order chi connectivity index (χ1) is 6.13. The fourth-order valence-electron chi connectivity index (χ4n) is 0.849. The van der Waals surface area contributed by atoms with Gasteiger partial charge in [-0.1, -0.05) is 0 Å². The van der Waals surface area contributed by atoms with Gasteiger partial charge in [0.2, 0.25) is 11.7 Å². The molecule has 0 spiro atoms. The maximum Gasteiger partial charge on any atom is 0.345 e. The summed E-state index contributed by atoms with van der Waals surface area (Å²) in [5.74, 6) is -0.421. The summed E-state index contributed by atoms with van der Waals surface area (Å²) in [6, 6.07) is 0. The molecule has 0 amide bonds. The van der Waals surface area contributed by atoms with Crippen molar-refractivity contribution in [1.29, 1.82) is 0 Å². The highest BCUT2D eigenvalue weighted by molar-refractivity contribution is 8.00. The van der Waals surface area contributed by atoms with E-state index in [0.717, 1.165) is 0 Å². The minimum absolute atomic E-state index is 0.420. The fraction of sp³-hybridized carbons (Fsp3) is 0.714. The molecule has 1 aliphatic rings. The molecule has 0 bridgehead atoms. The van der Waals surface area contributed by atoms with Gasteiger partial charge in [-0.15, -0.1) is 11.8 Å². The molecule has 0 aromatic heterocycles. The second-order valence-electron chi connectivity index (χ2n) is 2.36. The standard InChI is InChI=1S/C7H10O5S/c1-4(8)11-5-3-13-7(12-5)6(9)10-2/h5,7H,3H2,1-2H3. The van der Waals surface area contributed by atoms with E-state index in [1.807, 2.05) is 0 Å². The summed E-state index contributed by atoms with van der Waals surface area (Å²) in [5, 5.41) is 0. The highest BCUT2D eigenvalue weighted by Crippen LogP contribution is 2.26. The van der Waals surface area contributed by atoms with E-state index in [1.165, 1.54) is 25.8 Å². The van der Waals surface area contributed by atoms with Crippen molar-refractivity contribution in [3.63, 3.8) is 0 Å². The second-order valence-corrected chi connectivity index (χ2v) is 3.46. The summed E-state index contributed by atoms with van der Waals surface area (Å²) < 4.78 is 14.3. The Morgan fingerprint density at radius 2 is 2.23 bits per heavy atom. The van der Waals surface area contributed by atoms with Crippen LogP contribution in [0.5, 0.6) is 0 Å². The number of methoxy groups -OCH3 is 1. The van der Waals surface area contributed by atoms with Crippen LogP contribution < -0.4 is 0 Å². The van der Waals surface area contributed by atoms with Crippen LogP contribution in [0.1, 0.15) is 6.92 Å². The van der Waals surface area contributed by atoms with Gasteiger partial charge in [0.05, 0.1) is 12.9 Å². The molecular weight excluding hydrogens is 196 g/mol. The summed E-state index contributed by atoms with van der Waals surface area (Å²) in [4.78, 5) is 21.5. The Morgan fingerprint density at radius 1 is 1.54 bits per heavy atom. The van der Waals surface area contributed by atoms with Crippen molar-refractivity contribution < 1.29 is 23.8 Å². The molecule has 74 valence electrons. The quantitative estimate of drug-likeness (QED) is 0.599. The lowest BCUT2D eigenvalue weighted by Gasteiger charge is -2.10. The van der Waals surface area contributed by atoms with E-state index in [-0.39, 0.29) is 0 Å². The first kappa shape index (κ1) is 10.3. The molecule has 2 atom stereocenters. The van der Waals surface area contributed by atoms with E-state index < -0.39 is 23.7 Å². The van der Waals surface area contributed by atoms with Crippen molar-refractivity contribution >= 4 is 23.7 Å². The van der Waals surface area contributed by atoms with E-state index in [9.17, 15) is 9.59 Å². The zero-order valence-corrected chi connectivity index (χ0v) is 8.13. The van der Waals surface area contributed by atoms with Gasteiger partial charge in [0.25, 0.3) is 0 Å². The van der Waals surface area contributed by atoms with E-state index in [2.05, 4.69) is 4.74 Å². The van der Waals surface area contributed by atoms with E-state index >= 15 is 0 Å². The Bertz CT molecular complexity index is 217. The van der Waals surface area contributed by atoms with Gasteiger partial charge < -0.3 is 14.2 Å². The van der Waals surface area contributed by atoms with Crippen LogP contribution in [-0.4, -0.2) is 36.5 Å². The van der Waals surface area contributed by atoms with Crippen LogP contribution in [0, 0.1) is 0 Å². The van der Waals surface area contributed by atoms with Crippen LogP contribution in [0.3, 0.4) is 0 Å². The SMILES string of the molecule is COC(=O)C1OC(OC(C)=O)CS1. The van der Waals surface area contributed by atoms with Gasteiger partial charge in [-0.2, -0.15) is 0 Å². The van der Waals surface area contributed by atoms with Crippen LogP contribution in [0.25, 0.3) is 0 Å². The average Bonchev–Trinajstić information content (AvgIpc) is 2.50. The third kappa shape index (κ3) is 2.89. The van der Waals surface area contributed by atoms with E-state index in [4.69, 9.17) is 9.47 Å². The van der Waals surface area contributed by atoms with Crippen LogP contribution in [0.2, 0.25) is 0 Å². The molecule has 13 heavy (non-hydrogen) atoms. The molecule has 0 saturated carbocycles. The van der Waals surface area contributed by atoms with Crippen molar-refractivity contribution in [1.82, 2.24) is 0 Å². The van der Waals surface area contributed by atoms with Crippen molar-refractivity contribution in [2.75, 3.05) is 12.9 Å². The molecule has 1 aliphatic heterocycles. The smallest absolute Gasteiger partial charge is 0.345 e. The second kappa shape index (κ2) is 4.48. The molecule has 1 heterocycles. The number of carbonyl (C=O) groups is 2. The van der Waals surface area contributed by atoms with Gasteiger partial charge in [0, 0.05) is 6.92 Å². The zero-order chi connectivity index (χ0) is 9.84. The van der Waals surface area contributed by atoms with Crippen molar-refractivity contribution in [2.45, 2.75) is 18.6 Å². The van der Waals surface area contributed by atoms with E-state index in [1.54, 1.807) is 0 Å². The van der Waals surface area contributed by atoms with Crippen LogP contribution in [0.15, 0.2) is 0 Å². The number of hydrogen-bond donors (Lipinski definition) is 0. The Labute approximate surface area is 79.7 Å². The van der Waals surface area contributed by atoms with Gasteiger partial charge in [-0.25, -0.2) is 4.79 Å². The Balaban J connectivity index is 2.36. The molecule has 0 aromatic carbocycles. The van der Waals surface area contributed by atoms with Crippen LogP contribution >= 0.6 is 11.8 Å². The van der Waals surface area contributed by atoms with Crippen molar-refractivity contribution in [3.05, 3.63) is 0 Å². The molecule has 5 nitrogen and oxygen atoms in total. The Hall–Kier alpha value is -0.750. The monoisotopic (exact) mass is 206 g/mol. The summed E-state index contributed by atoms with van der Waals surface area (Å²) in [6.45, 7) is 1.29. The molecule has 1 rings (SSSR count). The fourth-order valence-corrected chi connectivity index (χ4v) is 1.76. The number of carbonyl (C=O) groups excluding carboxylic acids is 2. The highest BCUT2D eigenvalue weighted by Gasteiger charge is 2.33. The lowest BCUT2D eigenvalue weighted by molar-refractivity contribution is -0.178. The topological polar surface area (TPSA) is 61.8 Å². The maximum absolute atomic E-state index is 10.9. The zero-order valence-electron chi connectivity index (χ0n) is 7.31. The van der Waals surface area contributed by atoms with Gasteiger partial charge in [0.15, 0.2) is 0 Å². The summed E-state index contributed by atoms with van der Waals surface area (Å²) >= 11 is 1.25. The third-order valence-electron chi connectivity index (χ3n) is 1.35. The minimum Gasteiger partial charge on any atom is -0.466 e. The Morgan fingerprint density at radius 3 is 2.77 bits per heavy atom. The molecule has 6 heteroatoms. The minimum atomic E-state index is -0.672. The molecule has 2 unspecified atom stereocenters. The highest BCUT2D eigenvalue weighted by atomic mass is 32.2. The lowest BCUT2D eigenvalue weighted by atomic mass is 10.6. The van der Waals surface area contributed by atoms with Gasteiger partial charge >= 0.3 is 11.9 Å². The molecule has 0 N–H and O–H groups in total. The van der Waals surface area contributed by atoms with Crippen LogP contribution in [-0.2, 0) is 23.8 Å². The third-order valence-corrected chi connectivity index (χ3v) is 2.42.